The number of carbonyl (C=O) groups excluding carboxylic acids is 4. The molecule has 0 radical (unpaired) electrons. The standard InChI is InChI=1S/C29H29N3O6/c1-4-38-28(35)21-11-13-22(14-12-21)30-26(33)17-25-27(34)32(23-9-5-7-19(2)15-23)29(36)31(25)18-20-8-6-10-24(16-20)37-3/h5-16,25H,4,17-18H2,1-3H3,(H,30,33)/t25-/m0/s1. The molecule has 1 heterocycles. The molecule has 4 amide bonds. The second-order valence-corrected chi connectivity index (χ2v) is 8.84. The number of nitrogens with zero attached hydrogens (tertiary/aromatic N) is 2. The highest BCUT2D eigenvalue weighted by atomic mass is 16.5. The van der Waals surface area contributed by atoms with Crippen molar-refractivity contribution in [1.29, 1.82) is 0 Å². The van der Waals surface area contributed by atoms with Gasteiger partial charge in [-0.25, -0.2) is 14.5 Å². The van der Waals surface area contributed by atoms with E-state index in [1.807, 2.05) is 19.1 Å². The van der Waals surface area contributed by atoms with Crippen LogP contribution in [-0.4, -0.2) is 48.5 Å². The fourth-order valence-corrected chi connectivity index (χ4v) is 4.28. The molecule has 0 spiro atoms. The maximum absolute atomic E-state index is 13.5. The number of nitrogens with one attached hydrogen (secondary N) is 1. The van der Waals surface area contributed by atoms with Gasteiger partial charge in [0.2, 0.25) is 5.91 Å². The van der Waals surface area contributed by atoms with Crippen LogP contribution < -0.4 is 15.0 Å². The molecular formula is C29H29N3O6. The van der Waals surface area contributed by atoms with Crippen molar-refractivity contribution in [3.8, 4) is 5.75 Å². The number of anilines is 2. The van der Waals surface area contributed by atoms with Crippen LogP contribution in [0.15, 0.2) is 72.8 Å². The first-order valence-electron chi connectivity index (χ1n) is 12.2. The molecule has 196 valence electrons. The van der Waals surface area contributed by atoms with E-state index in [0.717, 1.165) is 16.0 Å². The van der Waals surface area contributed by atoms with Crippen LogP contribution in [0.25, 0.3) is 0 Å². The van der Waals surface area contributed by atoms with Gasteiger partial charge in [-0.1, -0.05) is 24.3 Å². The molecule has 0 unspecified atom stereocenters. The third-order valence-electron chi connectivity index (χ3n) is 6.12. The number of carbonyl (C=O) groups is 4. The monoisotopic (exact) mass is 515 g/mol. The van der Waals surface area contributed by atoms with E-state index in [1.165, 1.54) is 4.90 Å². The molecule has 1 atom stereocenters. The Balaban J connectivity index is 1.56. The van der Waals surface area contributed by atoms with Crippen LogP contribution in [0.2, 0.25) is 0 Å². The number of esters is 1. The first-order chi connectivity index (χ1) is 18.3. The summed E-state index contributed by atoms with van der Waals surface area (Å²) in [7, 11) is 1.55. The molecule has 0 bridgehead atoms. The van der Waals surface area contributed by atoms with Crippen LogP contribution in [0.5, 0.6) is 5.75 Å². The predicted molar refractivity (Wildman–Crippen MR) is 142 cm³/mol. The molecule has 3 aromatic carbocycles. The van der Waals surface area contributed by atoms with E-state index in [9.17, 15) is 19.2 Å². The van der Waals surface area contributed by atoms with Crippen LogP contribution in [-0.2, 0) is 20.9 Å². The summed E-state index contributed by atoms with van der Waals surface area (Å²) in [6.07, 6.45) is -0.240. The summed E-state index contributed by atoms with van der Waals surface area (Å²) in [4.78, 5) is 54.5. The van der Waals surface area contributed by atoms with E-state index in [1.54, 1.807) is 74.7 Å². The number of hydrogen-bond acceptors (Lipinski definition) is 6. The van der Waals surface area contributed by atoms with E-state index >= 15 is 0 Å². The van der Waals surface area contributed by atoms with Crippen LogP contribution in [0.4, 0.5) is 16.2 Å². The minimum Gasteiger partial charge on any atom is -0.497 e. The van der Waals surface area contributed by atoms with Gasteiger partial charge in [-0.15, -0.1) is 0 Å². The summed E-state index contributed by atoms with van der Waals surface area (Å²) in [5.41, 5.74) is 2.92. The van der Waals surface area contributed by atoms with Gasteiger partial charge in [0.15, 0.2) is 0 Å². The first-order valence-corrected chi connectivity index (χ1v) is 12.2. The lowest BCUT2D eigenvalue weighted by Gasteiger charge is -2.22. The Morgan fingerprint density at radius 3 is 2.39 bits per heavy atom. The van der Waals surface area contributed by atoms with Crippen molar-refractivity contribution in [2.45, 2.75) is 32.9 Å². The smallest absolute Gasteiger partial charge is 0.338 e. The van der Waals surface area contributed by atoms with E-state index in [-0.39, 0.29) is 19.6 Å². The normalized spacial score (nSPS) is 15.0. The summed E-state index contributed by atoms with van der Waals surface area (Å²) in [6, 6.07) is 19.1. The average Bonchev–Trinajstić information content (AvgIpc) is 3.13. The van der Waals surface area contributed by atoms with Gasteiger partial charge in [0.1, 0.15) is 11.8 Å². The largest absolute Gasteiger partial charge is 0.497 e. The minimum absolute atomic E-state index is 0.121. The summed E-state index contributed by atoms with van der Waals surface area (Å²) >= 11 is 0. The molecule has 4 rings (SSSR count). The number of ether oxygens (including phenoxy) is 2. The van der Waals surface area contributed by atoms with Crippen LogP contribution in [0.1, 0.15) is 34.8 Å². The van der Waals surface area contributed by atoms with Crippen molar-refractivity contribution in [2.75, 3.05) is 23.9 Å². The average molecular weight is 516 g/mol. The molecule has 3 aromatic rings. The maximum Gasteiger partial charge on any atom is 0.338 e. The van der Waals surface area contributed by atoms with Gasteiger partial charge in [-0.05, 0) is 73.5 Å². The Morgan fingerprint density at radius 2 is 1.71 bits per heavy atom. The van der Waals surface area contributed by atoms with Gasteiger partial charge < -0.3 is 19.7 Å². The zero-order valence-corrected chi connectivity index (χ0v) is 21.5. The zero-order chi connectivity index (χ0) is 27.2. The quantitative estimate of drug-likeness (QED) is 0.331. The second kappa shape index (κ2) is 11.6. The van der Waals surface area contributed by atoms with Crippen molar-refractivity contribution in [2.24, 2.45) is 0 Å². The fourth-order valence-electron chi connectivity index (χ4n) is 4.28. The Labute approximate surface area is 220 Å². The number of aryl methyl sites for hydroxylation is 1. The highest BCUT2D eigenvalue weighted by Crippen LogP contribution is 2.29. The lowest BCUT2D eigenvalue weighted by molar-refractivity contribution is -0.124. The number of hydrogen-bond donors (Lipinski definition) is 1. The van der Waals surface area contributed by atoms with Gasteiger partial charge in [0.05, 0.1) is 31.4 Å². The fraction of sp³-hybridized carbons (Fsp3) is 0.241. The van der Waals surface area contributed by atoms with Gasteiger partial charge in [-0.3, -0.25) is 9.59 Å². The number of imide groups is 1. The lowest BCUT2D eigenvalue weighted by Crippen LogP contribution is -2.37. The Kier molecular flexibility index (Phi) is 8.06. The molecule has 9 nitrogen and oxygen atoms in total. The molecule has 0 saturated carbocycles. The molecule has 1 aliphatic heterocycles. The molecular weight excluding hydrogens is 486 g/mol. The number of methoxy groups -OCH3 is 1. The molecule has 1 aliphatic rings. The van der Waals surface area contributed by atoms with E-state index < -0.39 is 29.9 Å². The van der Waals surface area contributed by atoms with Gasteiger partial charge in [0.25, 0.3) is 5.91 Å². The third kappa shape index (κ3) is 5.83. The van der Waals surface area contributed by atoms with E-state index in [0.29, 0.717) is 22.7 Å². The van der Waals surface area contributed by atoms with Crippen molar-refractivity contribution < 1.29 is 28.7 Å². The molecule has 1 fully saturated rings. The zero-order valence-electron chi connectivity index (χ0n) is 21.5. The summed E-state index contributed by atoms with van der Waals surface area (Å²) in [5.74, 6) is -0.750. The first kappa shape index (κ1) is 26.4. The summed E-state index contributed by atoms with van der Waals surface area (Å²) < 4.78 is 10.3. The van der Waals surface area contributed by atoms with E-state index in [2.05, 4.69) is 5.32 Å². The third-order valence-corrected chi connectivity index (χ3v) is 6.12. The highest BCUT2D eigenvalue weighted by Gasteiger charge is 2.46. The van der Waals surface area contributed by atoms with E-state index in [4.69, 9.17) is 9.47 Å². The Hall–Kier alpha value is -4.66. The minimum atomic E-state index is -1.01. The number of rotatable bonds is 9. The summed E-state index contributed by atoms with van der Waals surface area (Å²) in [6.45, 7) is 3.98. The number of urea groups is 1. The van der Waals surface area contributed by atoms with Crippen LogP contribution in [0, 0.1) is 6.92 Å². The molecule has 9 heteroatoms. The van der Waals surface area contributed by atoms with Crippen molar-refractivity contribution >= 4 is 35.2 Å². The molecule has 1 saturated heterocycles. The Morgan fingerprint density at radius 1 is 0.974 bits per heavy atom. The van der Waals surface area contributed by atoms with Gasteiger partial charge in [0, 0.05) is 12.2 Å². The highest BCUT2D eigenvalue weighted by molar-refractivity contribution is 6.22. The van der Waals surface area contributed by atoms with Crippen molar-refractivity contribution in [3.63, 3.8) is 0 Å². The Bertz CT molecular complexity index is 1350. The molecule has 0 aromatic heterocycles. The number of amides is 4. The second-order valence-electron chi connectivity index (χ2n) is 8.84. The lowest BCUT2D eigenvalue weighted by atomic mass is 10.1. The van der Waals surface area contributed by atoms with Gasteiger partial charge >= 0.3 is 12.0 Å². The molecule has 0 aliphatic carbocycles. The molecule has 1 N–H and O–H groups in total. The topological polar surface area (TPSA) is 105 Å². The summed E-state index contributed by atoms with van der Waals surface area (Å²) in [5, 5.41) is 2.75. The number of benzene rings is 3. The van der Waals surface area contributed by atoms with Gasteiger partial charge in [-0.2, -0.15) is 0 Å². The van der Waals surface area contributed by atoms with Crippen molar-refractivity contribution in [3.05, 3.63) is 89.5 Å². The van der Waals surface area contributed by atoms with Crippen LogP contribution in [0.3, 0.4) is 0 Å². The predicted octanol–water partition coefficient (Wildman–Crippen LogP) is 4.55. The maximum atomic E-state index is 13.5. The van der Waals surface area contributed by atoms with Crippen LogP contribution >= 0.6 is 0 Å². The SMILES string of the molecule is CCOC(=O)c1ccc(NC(=O)C[C@H]2C(=O)N(c3cccc(C)c3)C(=O)N2Cc2cccc(OC)c2)cc1. The van der Waals surface area contributed by atoms with Crippen molar-refractivity contribution in [1.82, 2.24) is 4.90 Å². The molecule has 38 heavy (non-hydrogen) atoms.